The molecule has 0 saturated carbocycles. The topological polar surface area (TPSA) is 41.6 Å². The molecule has 5 heteroatoms. The van der Waals surface area contributed by atoms with Gasteiger partial charge in [-0.2, -0.15) is 0 Å². The van der Waals surface area contributed by atoms with Crippen molar-refractivity contribution in [3.8, 4) is 0 Å². The van der Waals surface area contributed by atoms with Crippen LogP contribution in [0.15, 0.2) is 42.6 Å². The van der Waals surface area contributed by atoms with E-state index in [2.05, 4.69) is 5.32 Å². The number of nitrogens with one attached hydrogen (secondary N) is 1. The number of hydrogen-bond donors (Lipinski definition) is 1. The maximum Gasteiger partial charge on any atom is 0.420 e. The van der Waals surface area contributed by atoms with Crippen LogP contribution in [-0.2, 0) is 11.3 Å². The second-order valence-corrected chi connectivity index (χ2v) is 3.87. The molecule has 0 unspecified atom stereocenters. The highest BCUT2D eigenvalue weighted by molar-refractivity contribution is 7.80. The van der Waals surface area contributed by atoms with Crippen LogP contribution in [0.4, 0.5) is 4.79 Å². The van der Waals surface area contributed by atoms with Gasteiger partial charge in [-0.1, -0.05) is 30.3 Å². The Morgan fingerprint density at radius 2 is 2.18 bits per heavy atom. The molecule has 0 saturated heterocycles. The van der Waals surface area contributed by atoms with Crippen molar-refractivity contribution in [2.45, 2.75) is 6.61 Å². The minimum atomic E-state index is -0.470. The van der Waals surface area contributed by atoms with E-state index in [0.717, 1.165) is 5.56 Å². The number of nitrogens with zero attached hydrogens (tertiary/aromatic N) is 1. The van der Waals surface area contributed by atoms with E-state index >= 15 is 0 Å². The van der Waals surface area contributed by atoms with E-state index in [1.807, 2.05) is 30.3 Å². The summed E-state index contributed by atoms with van der Waals surface area (Å²) in [5.41, 5.74) is 0.945. The number of thiocarbonyl (C=S) groups is 1. The number of benzene rings is 1. The van der Waals surface area contributed by atoms with Crippen LogP contribution in [-0.4, -0.2) is 22.7 Å². The van der Waals surface area contributed by atoms with Crippen LogP contribution in [0.1, 0.15) is 5.56 Å². The number of carbonyl (C=O) groups is 1. The molecule has 1 amide bonds. The fraction of sp³-hybridized carbons (Fsp3) is 0.167. The first kappa shape index (κ1) is 11.6. The molecule has 0 aliphatic carbocycles. The first-order valence-corrected chi connectivity index (χ1v) is 5.62. The van der Waals surface area contributed by atoms with Gasteiger partial charge in [0.25, 0.3) is 0 Å². The van der Waals surface area contributed by atoms with Crippen LogP contribution in [0.2, 0.25) is 0 Å². The number of amides is 1. The van der Waals surface area contributed by atoms with Gasteiger partial charge < -0.3 is 10.1 Å². The standard InChI is InChI=1S/C12H12N2O2S/c15-12(14-8-4-7-13-11(14)17)16-9-10-5-2-1-3-6-10/h1-6,8H,7,9H2,(H,13,17). The van der Waals surface area contributed by atoms with Crippen LogP contribution in [0.25, 0.3) is 0 Å². The van der Waals surface area contributed by atoms with Gasteiger partial charge in [0.1, 0.15) is 6.61 Å². The van der Waals surface area contributed by atoms with Gasteiger partial charge in [0.15, 0.2) is 5.11 Å². The molecule has 0 atom stereocenters. The highest BCUT2D eigenvalue weighted by atomic mass is 32.1. The molecule has 1 aliphatic rings. The zero-order valence-corrected chi connectivity index (χ0v) is 9.94. The van der Waals surface area contributed by atoms with Crippen molar-refractivity contribution >= 4 is 23.4 Å². The number of ether oxygens (including phenoxy) is 1. The Morgan fingerprint density at radius 1 is 1.41 bits per heavy atom. The lowest BCUT2D eigenvalue weighted by Crippen LogP contribution is -2.43. The van der Waals surface area contributed by atoms with E-state index in [0.29, 0.717) is 11.7 Å². The van der Waals surface area contributed by atoms with E-state index in [1.165, 1.54) is 4.90 Å². The number of hydrogen-bond acceptors (Lipinski definition) is 3. The first-order valence-electron chi connectivity index (χ1n) is 5.22. The average Bonchev–Trinajstić information content (AvgIpc) is 2.38. The predicted octanol–water partition coefficient (Wildman–Crippen LogP) is 2.03. The molecule has 1 heterocycles. The number of rotatable bonds is 2. The molecule has 0 spiro atoms. The molecule has 0 radical (unpaired) electrons. The molecule has 1 N–H and O–H groups in total. The van der Waals surface area contributed by atoms with E-state index in [4.69, 9.17) is 17.0 Å². The molecule has 1 aliphatic heterocycles. The smallest absolute Gasteiger partial charge is 0.420 e. The van der Waals surface area contributed by atoms with Gasteiger partial charge >= 0.3 is 6.09 Å². The van der Waals surface area contributed by atoms with Crippen LogP contribution >= 0.6 is 12.2 Å². The van der Waals surface area contributed by atoms with Gasteiger partial charge in [0, 0.05) is 12.7 Å². The molecule has 0 aromatic heterocycles. The van der Waals surface area contributed by atoms with Gasteiger partial charge in [0.05, 0.1) is 0 Å². The molecule has 88 valence electrons. The summed E-state index contributed by atoms with van der Waals surface area (Å²) in [6.45, 7) is 0.883. The van der Waals surface area contributed by atoms with Gasteiger partial charge in [0.2, 0.25) is 0 Å². The quantitative estimate of drug-likeness (QED) is 0.813. The van der Waals surface area contributed by atoms with Crippen molar-refractivity contribution < 1.29 is 9.53 Å². The third kappa shape index (κ3) is 3.04. The third-order valence-corrected chi connectivity index (χ3v) is 2.59. The lowest BCUT2D eigenvalue weighted by molar-refractivity contribution is 0.124. The van der Waals surface area contributed by atoms with Crippen LogP contribution in [0.3, 0.4) is 0 Å². The van der Waals surface area contributed by atoms with E-state index in [-0.39, 0.29) is 6.61 Å². The summed E-state index contributed by atoms with van der Waals surface area (Å²) in [6, 6.07) is 9.51. The minimum absolute atomic E-state index is 0.243. The highest BCUT2D eigenvalue weighted by Gasteiger charge is 2.18. The largest absolute Gasteiger partial charge is 0.444 e. The Labute approximate surface area is 105 Å². The van der Waals surface area contributed by atoms with Gasteiger partial charge in [-0.3, -0.25) is 0 Å². The molecule has 0 bridgehead atoms. The molecule has 1 aromatic carbocycles. The second-order valence-electron chi connectivity index (χ2n) is 3.48. The van der Waals surface area contributed by atoms with Gasteiger partial charge in [-0.05, 0) is 23.9 Å². The van der Waals surface area contributed by atoms with Crippen molar-refractivity contribution in [1.29, 1.82) is 0 Å². The number of carbonyl (C=O) groups excluding carboxylic acids is 1. The van der Waals surface area contributed by atoms with Gasteiger partial charge in [-0.15, -0.1) is 0 Å². The monoisotopic (exact) mass is 248 g/mol. The van der Waals surface area contributed by atoms with Crippen molar-refractivity contribution in [2.24, 2.45) is 0 Å². The zero-order chi connectivity index (χ0) is 12.1. The molecule has 2 rings (SSSR count). The lowest BCUT2D eigenvalue weighted by atomic mass is 10.2. The second kappa shape index (κ2) is 5.45. The molecule has 4 nitrogen and oxygen atoms in total. The summed E-state index contributed by atoms with van der Waals surface area (Å²) in [6.07, 6.45) is 2.95. The third-order valence-electron chi connectivity index (χ3n) is 2.25. The maximum atomic E-state index is 11.7. The Morgan fingerprint density at radius 3 is 2.88 bits per heavy atom. The zero-order valence-electron chi connectivity index (χ0n) is 9.13. The summed E-state index contributed by atoms with van der Waals surface area (Å²) in [4.78, 5) is 13.0. The lowest BCUT2D eigenvalue weighted by Gasteiger charge is -2.22. The average molecular weight is 248 g/mol. The Bertz CT molecular complexity index is 445. The van der Waals surface area contributed by atoms with E-state index in [9.17, 15) is 4.79 Å². The summed E-state index contributed by atoms with van der Waals surface area (Å²) < 4.78 is 5.15. The van der Waals surface area contributed by atoms with Crippen LogP contribution < -0.4 is 5.32 Å². The molecule has 1 aromatic rings. The normalized spacial score (nSPS) is 14.4. The summed E-state index contributed by atoms with van der Waals surface area (Å²) in [5.74, 6) is 0. The van der Waals surface area contributed by atoms with E-state index < -0.39 is 6.09 Å². The SMILES string of the molecule is O=C(OCc1ccccc1)N1C=CCNC1=S. The molecule has 17 heavy (non-hydrogen) atoms. The van der Waals surface area contributed by atoms with Crippen molar-refractivity contribution in [1.82, 2.24) is 10.2 Å². The fourth-order valence-corrected chi connectivity index (χ4v) is 1.61. The molecular formula is C12H12N2O2S. The summed E-state index contributed by atoms with van der Waals surface area (Å²) >= 11 is 5.00. The Kier molecular flexibility index (Phi) is 3.72. The van der Waals surface area contributed by atoms with E-state index in [1.54, 1.807) is 12.3 Å². The highest BCUT2D eigenvalue weighted by Crippen LogP contribution is 2.05. The van der Waals surface area contributed by atoms with Crippen LogP contribution in [0.5, 0.6) is 0 Å². The summed E-state index contributed by atoms with van der Waals surface area (Å²) in [7, 11) is 0. The van der Waals surface area contributed by atoms with Crippen molar-refractivity contribution in [3.63, 3.8) is 0 Å². The van der Waals surface area contributed by atoms with Crippen molar-refractivity contribution in [3.05, 3.63) is 48.2 Å². The van der Waals surface area contributed by atoms with Gasteiger partial charge in [-0.25, -0.2) is 9.69 Å². The maximum absolute atomic E-state index is 11.7. The van der Waals surface area contributed by atoms with Crippen LogP contribution in [0, 0.1) is 0 Å². The Hall–Kier alpha value is -1.88. The predicted molar refractivity (Wildman–Crippen MR) is 68.2 cm³/mol. The molecular weight excluding hydrogens is 236 g/mol. The Balaban J connectivity index is 1.91. The first-order chi connectivity index (χ1) is 8.27. The fourth-order valence-electron chi connectivity index (χ4n) is 1.39. The molecule has 0 fully saturated rings. The summed E-state index contributed by atoms with van der Waals surface area (Å²) in [5, 5.41) is 3.25. The minimum Gasteiger partial charge on any atom is -0.444 e. The van der Waals surface area contributed by atoms with Crippen molar-refractivity contribution in [2.75, 3.05) is 6.54 Å².